The highest BCUT2D eigenvalue weighted by atomic mass is 79.9. The van der Waals surface area contributed by atoms with Gasteiger partial charge in [-0.3, -0.25) is 0 Å². The lowest BCUT2D eigenvalue weighted by Crippen LogP contribution is -2.39. The van der Waals surface area contributed by atoms with Gasteiger partial charge in [0.1, 0.15) is 21.8 Å². The van der Waals surface area contributed by atoms with E-state index in [4.69, 9.17) is 0 Å². The van der Waals surface area contributed by atoms with E-state index in [-0.39, 0.29) is 24.6 Å². The van der Waals surface area contributed by atoms with Gasteiger partial charge in [-0.05, 0) is 28.8 Å². The summed E-state index contributed by atoms with van der Waals surface area (Å²) in [6, 6.07) is 1.47. The molecule has 0 spiro atoms. The van der Waals surface area contributed by atoms with Crippen molar-refractivity contribution < 1.29 is 13.2 Å². The SMILES string of the molecule is CC(C)c1nc(Br)cc(NC2(C(F)(F)F)CC2)n1. The second kappa shape index (κ2) is 4.36. The molecule has 1 aromatic rings. The molecule has 1 N–H and O–H groups in total. The van der Waals surface area contributed by atoms with E-state index >= 15 is 0 Å². The van der Waals surface area contributed by atoms with Crippen molar-refractivity contribution >= 4 is 21.7 Å². The van der Waals surface area contributed by atoms with Crippen LogP contribution < -0.4 is 5.32 Å². The Morgan fingerprint density at radius 1 is 1.33 bits per heavy atom. The van der Waals surface area contributed by atoms with E-state index in [9.17, 15) is 13.2 Å². The second-order valence-electron chi connectivity index (χ2n) is 4.79. The summed E-state index contributed by atoms with van der Waals surface area (Å²) in [5.74, 6) is 0.796. The number of halogens is 4. The monoisotopic (exact) mass is 323 g/mol. The maximum absolute atomic E-state index is 12.8. The van der Waals surface area contributed by atoms with Crippen LogP contribution in [0, 0.1) is 0 Å². The van der Waals surface area contributed by atoms with Crippen molar-refractivity contribution in [3.63, 3.8) is 0 Å². The van der Waals surface area contributed by atoms with Gasteiger partial charge in [-0.15, -0.1) is 0 Å². The van der Waals surface area contributed by atoms with Gasteiger partial charge in [0.25, 0.3) is 0 Å². The Hall–Kier alpha value is -0.850. The van der Waals surface area contributed by atoms with Crippen LogP contribution in [0.1, 0.15) is 38.4 Å². The predicted molar refractivity (Wildman–Crippen MR) is 65.5 cm³/mol. The molecule has 1 aliphatic rings. The minimum atomic E-state index is -4.25. The van der Waals surface area contributed by atoms with Crippen LogP contribution in [0.15, 0.2) is 10.7 Å². The number of nitrogens with zero attached hydrogens (tertiary/aromatic N) is 2. The third kappa shape index (κ3) is 2.60. The first kappa shape index (κ1) is 13.6. The summed E-state index contributed by atoms with van der Waals surface area (Å²) in [4.78, 5) is 8.25. The highest BCUT2D eigenvalue weighted by Gasteiger charge is 2.63. The first-order valence-corrected chi connectivity index (χ1v) is 6.42. The maximum atomic E-state index is 12.8. The highest BCUT2D eigenvalue weighted by Crippen LogP contribution is 2.51. The number of nitrogens with one attached hydrogen (secondary N) is 1. The zero-order chi connectivity index (χ0) is 13.6. The Balaban J connectivity index is 2.25. The van der Waals surface area contributed by atoms with Crippen LogP contribution in [-0.4, -0.2) is 21.7 Å². The molecule has 1 fully saturated rings. The highest BCUT2D eigenvalue weighted by molar-refractivity contribution is 9.10. The van der Waals surface area contributed by atoms with Crippen LogP contribution in [0.3, 0.4) is 0 Å². The average Bonchev–Trinajstić information content (AvgIpc) is 2.96. The lowest BCUT2D eigenvalue weighted by molar-refractivity contribution is -0.151. The molecule has 0 amide bonds. The van der Waals surface area contributed by atoms with Gasteiger partial charge >= 0.3 is 6.18 Å². The summed E-state index contributed by atoms with van der Waals surface area (Å²) in [5.41, 5.74) is -1.80. The van der Waals surface area contributed by atoms with E-state index in [1.807, 2.05) is 13.8 Å². The summed E-state index contributed by atoms with van der Waals surface area (Å²) in [5, 5.41) is 2.50. The number of alkyl halides is 3. The quantitative estimate of drug-likeness (QED) is 0.858. The van der Waals surface area contributed by atoms with Crippen molar-refractivity contribution in [3.8, 4) is 0 Å². The molecule has 0 saturated heterocycles. The van der Waals surface area contributed by atoms with Crippen LogP contribution in [0.5, 0.6) is 0 Å². The molecule has 100 valence electrons. The number of aromatic nitrogens is 2. The van der Waals surface area contributed by atoms with Crippen LogP contribution in [0.4, 0.5) is 19.0 Å². The number of anilines is 1. The third-order valence-corrected chi connectivity index (χ3v) is 3.29. The van der Waals surface area contributed by atoms with Crippen molar-refractivity contribution in [3.05, 3.63) is 16.5 Å². The van der Waals surface area contributed by atoms with E-state index in [0.29, 0.717) is 10.4 Å². The molecule has 1 saturated carbocycles. The van der Waals surface area contributed by atoms with Crippen molar-refractivity contribution in [2.24, 2.45) is 0 Å². The molecule has 0 aliphatic heterocycles. The molecule has 1 aliphatic carbocycles. The fourth-order valence-electron chi connectivity index (χ4n) is 1.61. The molecular weight excluding hydrogens is 311 g/mol. The molecule has 0 atom stereocenters. The largest absolute Gasteiger partial charge is 0.411 e. The lowest BCUT2D eigenvalue weighted by Gasteiger charge is -2.21. The van der Waals surface area contributed by atoms with E-state index in [1.165, 1.54) is 6.07 Å². The van der Waals surface area contributed by atoms with Crippen molar-refractivity contribution in [2.45, 2.75) is 44.3 Å². The van der Waals surface area contributed by atoms with Crippen LogP contribution in [0.25, 0.3) is 0 Å². The van der Waals surface area contributed by atoms with Crippen molar-refractivity contribution in [1.29, 1.82) is 0 Å². The Bertz CT molecular complexity index is 455. The lowest BCUT2D eigenvalue weighted by atomic mass is 10.2. The van der Waals surface area contributed by atoms with E-state index in [1.54, 1.807) is 0 Å². The van der Waals surface area contributed by atoms with Gasteiger partial charge in [0.2, 0.25) is 0 Å². The van der Waals surface area contributed by atoms with Crippen molar-refractivity contribution in [1.82, 2.24) is 9.97 Å². The fourth-order valence-corrected chi connectivity index (χ4v) is 2.01. The first-order chi connectivity index (χ1) is 8.23. The zero-order valence-electron chi connectivity index (χ0n) is 9.98. The summed E-state index contributed by atoms with van der Waals surface area (Å²) in [6.45, 7) is 3.78. The minimum absolute atomic E-state index is 0.0593. The fraction of sp³-hybridized carbons (Fsp3) is 0.636. The second-order valence-corrected chi connectivity index (χ2v) is 5.61. The standard InChI is InChI=1S/C11H13BrF3N3/c1-6(2)9-16-7(12)5-8(17-9)18-10(3-4-10)11(13,14)15/h5-6H,3-4H2,1-2H3,(H,16,17,18). The number of rotatable bonds is 3. The van der Waals surface area contributed by atoms with E-state index < -0.39 is 11.7 Å². The van der Waals surface area contributed by atoms with Gasteiger partial charge in [-0.1, -0.05) is 13.8 Å². The zero-order valence-corrected chi connectivity index (χ0v) is 11.6. The smallest absolute Gasteiger partial charge is 0.356 e. The molecule has 0 bridgehead atoms. The van der Waals surface area contributed by atoms with Gasteiger partial charge in [-0.2, -0.15) is 13.2 Å². The van der Waals surface area contributed by atoms with E-state index in [0.717, 1.165) is 0 Å². The predicted octanol–water partition coefficient (Wildman–Crippen LogP) is 3.87. The number of hydrogen-bond acceptors (Lipinski definition) is 3. The Labute approximate surface area is 111 Å². The van der Waals surface area contributed by atoms with Gasteiger partial charge < -0.3 is 5.32 Å². The molecule has 3 nitrogen and oxygen atoms in total. The molecule has 18 heavy (non-hydrogen) atoms. The number of hydrogen-bond donors (Lipinski definition) is 1. The maximum Gasteiger partial charge on any atom is 0.411 e. The van der Waals surface area contributed by atoms with Crippen LogP contribution >= 0.6 is 15.9 Å². The summed E-state index contributed by atoms with van der Waals surface area (Å²) in [6.07, 6.45) is -4.06. The molecule has 2 rings (SSSR count). The third-order valence-electron chi connectivity index (χ3n) is 2.89. The van der Waals surface area contributed by atoms with Gasteiger partial charge in [-0.25, -0.2) is 9.97 Å². The average molecular weight is 324 g/mol. The molecule has 1 heterocycles. The normalized spacial score (nSPS) is 17.9. The first-order valence-electron chi connectivity index (χ1n) is 5.63. The Morgan fingerprint density at radius 2 is 1.94 bits per heavy atom. The molecular formula is C11H13BrF3N3. The van der Waals surface area contributed by atoms with Crippen LogP contribution in [-0.2, 0) is 0 Å². The summed E-state index contributed by atoms with van der Waals surface area (Å²) < 4.78 is 39.0. The molecule has 0 radical (unpaired) electrons. The van der Waals surface area contributed by atoms with Gasteiger partial charge in [0, 0.05) is 12.0 Å². The topological polar surface area (TPSA) is 37.8 Å². The Kier molecular flexibility index (Phi) is 3.29. The summed E-state index contributed by atoms with van der Waals surface area (Å²) in [7, 11) is 0. The minimum Gasteiger partial charge on any atom is -0.356 e. The van der Waals surface area contributed by atoms with Crippen molar-refractivity contribution in [2.75, 3.05) is 5.32 Å². The molecule has 7 heteroatoms. The van der Waals surface area contributed by atoms with E-state index in [2.05, 4.69) is 31.2 Å². The summed E-state index contributed by atoms with van der Waals surface area (Å²) >= 11 is 3.19. The molecule has 0 aromatic carbocycles. The van der Waals surface area contributed by atoms with Gasteiger partial charge in [0.05, 0.1) is 0 Å². The van der Waals surface area contributed by atoms with Crippen LogP contribution in [0.2, 0.25) is 0 Å². The molecule has 1 aromatic heterocycles. The molecule has 0 unspecified atom stereocenters. The van der Waals surface area contributed by atoms with Gasteiger partial charge in [0.15, 0.2) is 0 Å². The Morgan fingerprint density at radius 3 is 2.39 bits per heavy atom.